The highest BCUT2D eigenvalue weighted by Gasteiger charge is 2.07. The van der Waals surface area contributed by atoms with Gasteiger partial charge in [0.15, 0.2) is 5.78 Å². The molecular formula is C22H22O3S. The van der Waals surface area contributed by atoms with E-state index in [2.05, 4.69) is 6.92 Å². The van der Waals surface area contributed by atoms with Gasteiger partial charge in [0.05, 0.1) is 4.88 Å². The molecule has 0 fully saturated rings. The smallest absolute Gasteiger partial charge is 0.195 e. The Morgan fingerprint density at radius 2 is 2.00 bits per heavy atom. The molecule has 0 unspecified atom stereocenters. The van der Waals surface area contributed by atoms with Gasteiger partial charge in [0.25, 0.3) is 0 Å². The molecule has 4 heteroatoms. The van der Waals surface area contributed by atoms with Crippen LogP contribution in [0.4, 0.5) is 0 Å². The largest absolute Gasteiger partial charge is 0.485 e. The standard InChI is InChI=1S/C22H22O3S/c1-3-6-19-12-14-22(26-19)20(23)13-11-17-9-10-18(25-17)15-24-21-8-5-4-7-16(21)2/h4-5,7-14H,3,6,15H2,1-2H3/b13-11+. The molecule has 134 valence electrons. The Hall–Kier alpha value is -2.59. The van der Waals surface area contributed by atoms with Gasteiger partial charge in [-0.25, -0.2) is 0 Å². The molecule has 0 aliphatic rings. The average Bonchev–Trinajstić information content (AvgIpc) is 3.29. The number of thiophene rings is 1. The SMILES string of the molecule is CCCc1ccc(C(=O)/C=C/c2ccc(COc3ccccc3C)o2)s1. The minimum absolute atomic E-state index is 0.00598. The van der Waals surface area contributed by atoms with Crippen molar-refractivity contribution in [3.63, 3.8) is 0 Å². The molecule has 0 amide bonds. The molecule has 1 aromatic carbocycles. The first-order valence-electron chi connectivity index (χ1n) is 8.74. The van der Waals surface area contributed by atoms with E-state index in [0.717, 1.165) is 34.8 Å². The number of benzene rings is 1. The summed E-state index contributed by atoms with van der Waals surface area (Å²) in [5, 5.41) is 0. The molecule has 0 radical (unpaired) electrons. The summed E-state index contributed by atoms with van der Waals surface area (Å²) in [6, 6.07) is 15.5. The summed E-state index contributed by atoms with van der Waals surface area (Å²) in [4.78, 5) is 14.3. The highest BCUT2D eigenvalue weighted by molar-refractivity contribution is 7.14. The molecule has 0 saturated carbocycles. The Kier molecular flexibility index (Phi) is 6.08. The van der Waals surface area contributed by atoms with Crippen LogP contribution in [0.3, 0.4) is 0 Å². The molecule has 3 nitrogen and oxygen atoms in total. The first kappa shape index (κ1) is 18.2. The zero-order valence-electron chi connectivity index (χ0n) is 15.0. The van der Waals surface area contributed by atoms with Gasteiger partial charge in [-0.05, 0) is 61.4 Å². The fourth-order valence-electron chi connectivity index (χ4n) is 2.56. The lowest BCUT2D eigenvalue weighted by molar-refractivity contribution is 0.105. The van der Waals surface area contributed by atoms with E-state index < -0.39 is 0 Å². The van der Waals surface area contributed by atoms with Gasteiger partial charge in [-0.3, -0.25) is 4.79 Å². The number of aryl methyl sites for hydroxylation is 2. The highest BCUT2D eigenvalue weighted by atomic mass is 32.1. The highest BCUT2D eigenvalue weighted by Crippen LogP contribution is 2.21. The molecule has 0 aliphatic heterocycles. The Bertz CT molecular complexity index is 902. The number of ketones is 1. The number of rotatable bonds is 8. The van der Waals surface area contributed by atoms with E-state index in [1.165, 1.54) is 4.88 Å². The van der Waals surface area contributed by atoms with Gasteiger partial charge in [-0.2, -0.15) is 0 Å². The van der Waals surface area contributed by atoms with Crippen LogP contribution in [0.25, 0.3) is 6.08 Å². The van der Waals surface area contributed by atoms with Gasteiger partial charge in [0, 0.05) is 4.88 Å². The van der Waals surface area contributed by atoms with Crippen LogP contribution in [0.1, 0.15) is 45.0 Å². The van der Waals surface area contributed by atoms with E-state index in [4.69, 9.17) is 9.15 Å². The second-order valence-electron chi connectivity index (χ2n) is 6.07. The second-order valence-corrected chi connectivity index (χ2v) is 7.24. The van der Waals surface area contributed by atoms with Crippen LogP contribution in [0, 0.1) is 6.92 Å². The molecule has 0 spiro atoms. The number of furan rings is 1. The quantitative estimate of drug-likeness (QED) is 0.358. The fourth-order valence-corrected chi connectivity index (χ4v) is 3.59. The van der Waals surface area contributed by atoms with Crippen molar-refractivity contribution in [2.24, 2.45) is 0 Å². The minimum atomic E-state index is 0.00598. The van der Waals surface area contributed by atoms with Gasteiger partial charge in [0.1, 0.15) is 23.9 Å². The maximum absolute atomic E-state index is 12.2. The zero-order chi connectivity index (χ0) is 18.4. The Labute approximate surface area is 157 Å². The number of carbonyl (C=O) groups is 1. The summed E-state index contributed by atoms with van der Waals surface area (Å²) in [7, 11) is 0. The Balaban J connectivity index is 1.58. The van der Waals surface area contributed by atoms with Crippen molar-refractivity contribution in [2.45, 2.75) is 33.3 Å². The van der Waals surface area contributed by atoms with Crippen molar-refractivity contribution in [3.8, 4) is 5.75 Å². The van der Waals surface area contributed by atoms with Crippen molar-refractivity contribution >= 4 is 23.2 Å². The number of hydrogen-bond donors (Lipinski definition) is 0. The van der Waals surface area contributed by atoms with E-state index in [1.54, 1.807) is 23.5 Å². The molecule has 26 heavy (non-hydrogen) atoms. The second kappa shape index (κ2) is 8.68. The van der Waals surface area contributed by atoms with Crippen molar-refractivity contribution < 1.29 is 13.9 Å². The lowest BCUT2D eigenvalue weighted by Crippen LogP contribution is -1.95. The summed E-state index contributed by atoms with van der Waals surface area (Å²) in [5.41, 5.74) is 1.09. The van der Waals surface area contributed by atoms with Gasteiger partial charge in [-0.15, -0.1) is 11.3 Å². The van der Waals surface area contributed by atoms with Crippen molar-refractivity contribution in [2.75, 3.05) is 0 Å². The Morgan fingerprint density at radius 3 is 2.81 bits per heavy atom. The third-order valence-corrected chi connectivity index (χ3v) is 5.11. The van der Waals surface area contributed by atoms with Crippen LogP contribution in [-0.2, 0) is 13.0 Å². The molecule has 3 rings (SSSR count). The van der Waals surface area contributed by atoms with Crippen molar-refractivity contribution in [1.29, 1.82) is 0 Å². The van der Waals surface area contributed by atoms with Gasteiger partial charge in [-0.1, -0.05) is 31.5 Å². The Morgan fingerprint density at radius 1 is 1.15 bits per heavy atom. The maximum Gasteiger partial charge on any atom is 0.195 e. The fraction of sp³-hybridized carbons (Fsp3) is 0.227. The molecule has 3 aromatic rings. The van der Waals surface area contributed by atoms with E-state index >= 15 is 0 Å². The molecule has 0 saturated heterocycles. The average molecular weight is 366 g/mol. The van der Waals surface area contributed by atoms with Gasteiger partial charge < -0.3 is 9.15 Å². The van der Waals surface area contributed by atoms with Crippen LogP contribution in [0.15, 0.2) is 59.0 Å². The van der Waals surface area contributed by atoms with E-state index in [-0.39, 0.29) is 5.78 Å². The summed E-state index contributed by atoms with van der Waals surface area (Å²) >= 11 is 1.56. The number of para-hydroxylation sites is 1. The van der Waals surface area contributed by atoms with E-state index in [9.17, 15) is 4.79 Å². The van der Waals surface area contributed by atoms with Gasteiger partial charge >= 0.3 is 0 Å². The topological polar surface area (TPSA) is 39.4 Å². The van der Waals surface area contributed by atoms with Crippen LogP contribution >= 0.6 is 11.3 Å². The molecule has 0 aliphatic carbocycles. The number of allylic oxidation sites excluding steroid dienone is 1. The first-order valence-corrected chi connectivity index (χ1v) is 9.55. The van der Waals surface area contributed by atoms with Crippen LogP contribution in [-0.4, -0.2) is 5.78 Å². The minimum Gasteiger partial charge on any atom is -0.485 e. The summed E-state index contributed by atoms with van der Waals surface area (Å²) in [6.07, 6.45) is 5.37. The predicted octanol–water partition coefficient (Wildman–Crippen LogP) is 6.08. The molecule has 2 aromatic heterocycles. The number of carbonyl (C=O) groups excluding carboxylic acids is 1. The van der Waals surface area contributed by atoms with E-state index in [0.29, 0.717) is 12.4 Å². The number of hydrogen-bond acceptors (Lipinski definition) is 4. The third kappa shape index (κ3) is 4.73. The summed E-state index contributed by atoms with van der Waals surface area (Å²) in [5.74, 6) is 2.22. The molecule has 0 atom stereocenters. The van der Waals surface area contributed by atoms with Crippen LogP contribution in [0.2, 0.25) is 0 Å². The monoisotopic (exact) mass is 366 g/mol. The normalized spacial score (nSPS) is 11.2. The maximum atomic E-state index is 12.2. The van der Waals surface area contributed by atoms with Gasteiger partial charge in [0.2, 0.25) is 0 Å². The van der Waals surface area contributed by atoms with Crippen LogP contribution < -0.4 is 4.74 Å². The zero-order valence-corrected chi connectivity index (χ0v) is 15.8. The summed E-state index contributed by atoms with van der Waals surface area (Å²) < 4.78 is 11.5. The van der Waals surface area contributed by atoms with Crippen molar-refractivity contribution in [1.82, 2.24) is 0 Å². The third-order valence-electron chi connectivity index (χ3n) is 3.95. The summed E-state index contributed by atoms with van der Waals surface area (Å²) in [6.45, 7) is 4.50. The lowest BCUT2D eigenvalue weighted by atomic mass is 10.2. The van der Waals surface area contributed by atoms with Crippen molar-refractivity contribution in [3.05, 3.63) is 81.4 Å². The molecule has 0 bridgehead atoms. The molecular weight excluding hydrogens is 344 g/mol. The molecule has 0 N–H and O–H groups in total. The van der Waals surface area contributed by atoms with Crippen LogP contribution in [0.5, 0.6) is 5.75 Å². The predicted molar refractivity (Wildman–Crippen MR) is 106 cm³/mol. The van der Waals surface area contributed by atoms with E-state index in [1.807, 2.05) is 55.5 Å². The number of ether oxygens (including phenoxy) is 1. The lowest BCUT2D eigenvalue weighted by Gasteiger charge is -2.06. The first-order chi connectivity index (χ1) is 12.7. The molecule has 2 heterocycles.